The molecule has 0 spiro atoms. The van der Waals surface area contributed by atoms with Crippen molar-refractivity contribution in [2.24, 2.45) is 5.92 Å². The van der Waals surface area contributed by atoms with Gasteiger partial charge in [-0.1, -0.05) is 26.7 Å². The molecule has 0 rings (SSSR count). The molecule has 0 aliphatic carbocycles. The van der Waals surface area contributed by atoms with Crippen molar-refractivity contribution in [1.29, 1.82) is 0 Å². The molecule has 0 aliphatic heterocycles. The van der Waals surface area contributed by atoms with E-state index in [2.05, 4.69) is 13.8 Å². The van der Waals surface area contributed by atoms with E-state index in [4.69, 9.17) is 6.58 Å². The SMILES string of the molecule is [CH-]=CCC(C)CC.[Rf]. The van der Waals surface area contributed by atoms with Gasteiger partial charge in [0, 0.05) is 0 Å². The van der Waals surface area contributed by atoms with Crippen molar-refractivity contribution >= 4 is 0 Å². The van der Waals surface area contributed by atoms with Crippen LogP contribution in [-0.4, -0.2) is 0 Å². The molecule has 0 aliphatic rings. The second kappa shape index (κ2) is 5.74. The van der Waals surface area contributed by atoms with Gasteiger partial charge in [-0.05, 0) is 5.92 Å². The first-order valence-corrected chi connectivity index (χ1v) is 2.84. The van der Waals surface area contributed by atoms with Gasteiger partial charge in [0.25, 0.3) is 0 Å². The molecule has 0 aromatic rings. The van der Waals surface area contributed by atoms with E-state index in [1.807, 2.05) is 0 Å². The van der Waals surface area contributed by atoms with Crippen molar-refractivity contribution < 1.29 is 0 Å². The fourth-order valence-corrected chi connectivity index (χ4v) is 0.399. The van der Waals surface area contributed by atoms with Gasteiger partial charge in [-0.3, -0.25) is 6.08 Å². The average Bonchev–Trinajstić information content (AvgIpc) is 1.68. The summed E-state index contributed by atoms with van der Waals surface area (Å²) in [7, 11) is 0. The van der Waals surface area contributed by atoms with E-state index in [0.29, 0.717) is 0 Å². The number of allylic oxidation sites excluding steroid dienone is 1. The van der Waals surface area contributed by atoms with E-state index in [-0.39, 0.29) is 0 Å². The molecule has 0 amide bonds. The summed E-state index contributed by atoms with van der Waals surface area (Å²) in [6, 6.07) is 0. The standard InChI is InChI=1S/C7H13.Rf/c1-4-6-7(3)5-2;/h1,4,7H,5-6H2,2-3H3;/q-1;. The summed E-state index contributed by atoms with van der Waals surface area (Å²) >= 11 is 0. The molecular formula is C7H13Rf-. The van der Waals surface area contributed by atoms with Crippen LogP contribution < -0.4 is 0 Å². The van der Waals surface area contributed by atoms with E-state index >= 15 is 0 Å². The zero-order chi connectivity index (χ0) is 5.70. The predicted molar refractivity (Wildman–Crippen MR) is 32.9 cm³/mol. The summed E-state index contributed by atoms with van der Waals surface area (Å²) in [5.41, 5.74) is 0. The first kappa shape index (κ1) is 9.88. The molecule has 0 aromatic heterocycles. The minimum atomic E-state index is 0. The second-order valence-corrected chi connectivity index (χ2v) is 1.98. The Morgan fingerprint density at radius 3 is 2.25 bits per heavy atom. The quantitative estimate of drug-likeness (QED) is 0.675. The molecule has 44 valence electrons. The van der Waals surface area contributed by atoms with Gasteiger partial charge < -0.3 is 6.58 Å². The summed E-state index contributed by atoms with van der Waals surface area (Å²) in [5, 5.41) is 0. The van der Waals surface area contributed by atoms with E-state index in [0.717, 1.165) is 12.3 Å². The van der Waals surface area contributed by atoms with Gasteiger partial charge in [-0.15, -0.1) is 0 Å². The van der Waals surface area contributed by atoms with Crippen molar-refractivity contribution in [3.63, 3.8) is 0 Å². The van der Waals surface area contributed by atoms with Crippen molar-refractivity contribution in [1.82, 2.24) is 0 Å². The summed E-state index contributed by atoms with van der Waals surface area (Å²) in [6.45, 7) is 9.55. The molecule has 0 nitrogen and oxygen atoms in total. The van der Waals surface area contributed by atoms with Crippen molar-refractivity contribution in [2.45, 2.75) is 26.7 Å². The molecule has 1 atom stereocenters. The average molecular weight is 364 g/mol. The first-order chi connectivity index (χ1) is 3.31. The van der Waals surface area contributed by atoms with E-state index in [1.54, 1.807) is 6.08 Å². The molecular weight excluding hydrogens is 351 g/mol. The van der Waals surface area contributed by atoms with Gasteiger partial charge in [-0.2, -0.15) is 0 Å². The largest absolute Gasteiger partial charge is 0.518 e. The topological polar surface area (TPSA) is 0 Å². The van der Waals surface area contributed by atoms with Crippen LogP contribution in [0.4, 0.5) is 0 Å². The zero-order valence-corrected chi connectivity index (χ0v) is 12.3. The van der Waals surface area contributed by atoms with Crippen molar-refractivity contribution in [3.8, 4) is 0 Å². The van der Waals surface area contributed by atoms with Gasteiger partial charge in [0.15, 0.2) is 0 Å². The van der Waals surface area contributed by atoms with Crippen LogP contribution in [0.5, 0.6) is 0 Å². The van der Waals surface area contributed by atoms with Crippen LogP contribution in [-0.2, 0) is 0 Å². The smallest absolute Gasteiger partial charge is 0 e. The van der Waals surface area contributed by atoms with E-state index in [1.165, 1.54) is 6.42 Å². The third-order valence-electron chi connectivity index (χ3n) is 1.24. The third-order valence-corrected chi connectivity index (χ3v) is 1.24. The number of hydrogen-bond donors (Lipinski definition) is 0. The fourth-order valence-electron chi connectivity index (χ4n) is 0.399. The van der Waals surface area contributed by atoms with Gasteiger partial charge in [0.2, 0.25) is 0 Å². The summed E-state index contributed by atoms with van der Waals surface area (Å²) < 4.78 is 0. The van der Waals surface area contributed by atoms with Crippen LogP contribution in [0.2, 0.25) is 0 Å². The number of rotatable bonds is 3. The van der Waals surface area contributed by atoms with Crippen molar-refractivity contribution in [2.75, 3.05) is 0 Å². The van der Waals surface area contributed by atoms with Gasteiger partial charge in [0.1, 0.15) is 0 Å². The van der Waals surface area contributed by atoms with Crippen LogP contribution in [0, 0.1) is 12.5 Å². The molecule has 0 heterocycles. The van der Waals surface area contributed by atoms with Crippen LogP contribution in [0.1, 0.15) is 26.7 Å². The van der Waals surface area contributed by atoms with Gasteiger partial charge >= 0.3 is 0 Å². The first-order valence-electron chi connectivity index (χ1n) is 2.84. The fraction of sp³-hybridized carbons (Fsp3) is 0.714. The summed E-state index contributed by atoms with van der Waals surface area (Å²) in [6.07, 6.45) is 4.01. The number of hydrogen-bond acceptors (Lipinski definition) is 0. The molecule has 0 aromatic carbocycles. The monoisotopic (exact) mass is 364 g/mol. The minimum Gasteiger partial charge on any atom is -0.518 e. The Bertz CT molecular complexity index is 50.3. The molecule has 8 heavy (non-hydrogen) atoms. The Balaban J connectivity index is 0. The molecule has 0 saturated heterocycles. The van der Waals surface area contributed by atoms with Crippen LogP contribution in [0.3, 0.4) is 0 Å². The maximum Gasteiger partial charge on any atom is 0 e. The molecule has 1 heteroatoms. The predicted octanol–water partition coefficient (Wildman–Crippen LogP) is 2.41. The zero-order valence-electron chi connectivity index (χ0n) is 5.85. The molecule has 0 saturated carbocycles. The third kappa shape index (κ3) is 4.74. The van der Waals surface area contributed by atoms with Gasteiger partial charge in [0.05, 0.1) is 0 Å². The van der Waals surface area contributed by atoms with E-state index < -0.39 is 0 Å². The Hall–Kier alpha value is -1.26. The molecule has 1 unspecified atom stereocenters. The minimum absolute atomic E-state index is 0. The Labute approximate surface area is 46.2 Å². The molecule has 0 bridgehead atoms. The maximum absolute atomic E-state index is 5.18. The molecule has 0 N–H and O–H groups in total. The van der Waals surface area contributed by atoms with Crippen LogP contribution in [0.25, 0.3) is 0 Å². The Morgan fingerprint density at radius 1 is 1.62 bits per heavy atom. The summed E-state index contributed by atoms with van der Waals surface area (Å²) in [5.74, 6) is 0.769. The van der Waals surface area contributed by atoms with Gasteiger partial charge in [-0.25, -0.2) is 0 Å². The molecule has 0 fully saturated rings. The summed E-state index contributed by atoms with van der Waals surface area (Å²) in [4.78, 5) is 0. The molecule has 0 radical (unpaired) electrons. The van der Waals surface area contributed by atoms with Crippen molar-refractivity contribution in [3.05, 3.63) is 12.7 Å². The van der Waals surface area contributed by atoms with Crippen LogP contribution in [0.15, 0.2) is 6.08 Å². The van der Waals surface area contributed by atoms with Crippen LogP contribution >= 0.6 is 0 Å². The Morgan fingerprint density at radius 2 is 2.12 bits per heavy atom. The normalized spacial score (nSPS) is 11.8. The second-order valence-electron chi connectivity index (χ2n) is 1.98. The Kier molecular flexibility index (Phi) is 7.09. The maximum atomic E-state index is 5.18. The van der Waals surface area contributed by atoms with E-state index in [9.17, 15) is 0 Å².